The van der Waals surface area contributed by atoms with E-state index in [1.807, 2.05) is 0 Å². The molecular weight excluding hydrogens is 232 g/mol. The van der Waals surface area contributed by atoms with Gasteiger partial charge in [-0.3, -0.25) is 0 Å². The number of hydrogen-bond donors (Lipinski definition) is 1. The molecular formula is C17H32N2. The Bertz CT molecular complexity index is 270. The molecule has 0 heterocycles. The number of nitrogens with zero attached hydrogens (tertiary/aromatic N) is 1. The fraction of sp³-hybridized carbons (Fsp3) is 1.00. The molecule has 1 N–H and O–H groups in total. The van der Waals surface area contributed by atoms with Crippen molar-refractivity contribution in [3.05, 3.63) is 0 Å². The standard InChI is InChI=1S/C17H32N2/c1-2-11-18-17-5-3-4-15(17)10-12-19(16-8-9-16)13-14-6-7-14/h14-18H,2-13H2,1H3. The Balaban J connectivity index is 1.41. The van der Waals surface area contributed by atoms with Gasteiger partial charge >= 0.3 is 0 Å². The van der Waals surface area contributed by atoms with Gasteiger partial charge in [-0.15, -0.1) is 0 Å². The monoisotopic (exact) mass is 264 g/mol. The fourth-order valence-electron chi connectivity index (χ4n) is 3.81. The molecule has 2 atom stereocenters. The summed E-state index contributed by atoms with van der Waals surface area (Å²) >= 11 is 0. The summed E-state index contributed by atoms with van der Waals surface area (Å²) in [6.07, 6.45) is 13.1. The van der Waals surface area contributed by atoms with Gasteiger partial charge in [-0.2, -0.15) is 0 Å². The van der Waals surface area contributed by atoms with Gasteiger partial charge in [0.1, 0.15) is 0 Å². The van der Waals surface area contributed by atoms with Crippen LogP contribution in [0.25, 0.3) is 0 Å². The van der Waals surface area contributed by atoms with E-state index in [1.165, 1.54) is 77.4 Å². The van der Waals surface area contributed by atoms with Crippen molar-refractivity contribution in [2.24, 2.45) is 11.8 Å². The summed E-state index contributed by atoms with van der Waals surface area (Å²) in [5.74, 6) is 2.03. The van der Waals surface area contributed by atoms with Gasteiger partial charge in [-0.1, -0.05) is 13.3 Å². The number of nitrogens with one attached hydrogen (secondary N) is 1. The number of hydrogen-bond acceptors (Lipinski definition) is 2. The van der Waals surface area contributed by atoms with Crippen LogP contribution in [0.1, 0.15) is 64.7 Å². The summed E-state index contributed by atoms with van der Waals surface area (Å²) < 4.78 is 0. The third kappa shape index (κ3) is 4.19. The fourth-order valence-corrected chi connectivity index (χ4v) is 3.81. The zero-order chi connectivity index (χ0) is 13.1. The highest BCUT2D eigenvalue weighted by atomic mass is 15.2. The second-order valence-electron chi connectivity index (χ2n) is 7.21. The summed E-state index contributed by atoms with van der Waals surface area (Å²) in [5.41, 5.74) is 0. The van der Waals surface area contributed by atoms with Crippen LogP contribution >= 0.6 is 0 Å². The largest absolute Gasteiger partial charge is 0.314 e. The Hall–Kier alpha value is -0.0800. The molecule has 0 saturated heterocycles. The summed E-state index contributed by atoms with van der Waals surface area (Å²) in [7, 11) is 0. The minimum absolute atomic E-state index is 0.835. The van der Waals surface area contributed by atoms with Crippen LogP contribution in [-0.4, -0.2) is 36.6 Å². The topological polar surface area (TPSA) is 15.3 Å². The highest BCUT2D eigenvalue weighted by molar-refractivity contribution is 4.90. The van der Waals surface area contributed by atoms with Crippen molar-refractivity contribution >= 4 is 0 Å². The molecule has 0 bridgehead atoms. The van der Waals surface area contributed by atoms with E-state index >= 15 is 0 Å². The second kappa shape index (κ2) is 6.58. The molecule has 3 saturated carbocycles. The first-order valence-corrected chi connectivity index (χ1v) is 8.84. The lowest BCUT2D eigenvalue weighted by Crippen LogP contribution is -2.36. The average molecular weight is 264 g/mol. The lowest BCUT2D eigenvalue weighted by atomic mass is 9.99. The second-order valence-corrected chi connectivity index (χ2v) is 7.21. The highest BCUT2D eigenvalue weighted by Crippen LogP contribution is 2.36. The van der Waals surface area contributed by atoms with Gasteiger partial charge in [0.2, 0.25) is 0 Å². The molecule has 19 heavy (non-hydrogen) atoms. The Labute approximate surface area is 119 Å². The normalized spacial score (nSPS) is 31.3. The molecule has 2 heteroatoms. The van der Waals surface area contributed by atoms with Crippen molar-refractivity contribution in [2.75, 3.05) is 19.6 Å². The molecule has 3 fully saturated rings. The van der Waals surface area contributed by atoms with E-state index in [4.69, 9.17) is 0 Å². The van der Waals surface area contributed by atoms with Crippen LogP contribution in [0.15, 0.2) is 0 Å². The molecule has 2 unspecified atom stereocenters. The van der Waals surface area contributed by atoms with E-state index in [9.17, 15) is 0 Å². The quantitative estimate of drug-likeness (QED) is 0.686. The molecule has 0 aromatic rings. The minimum atomic E-state index is 0.835. The van der Waals surface area contributed by atoms with Crippen molar-refractivity contribution in [3.8, 4) is 0 Å². The van der Waals surface area contributed by atoms with Crippen LogP contribution in [-0.2, 0) is 0 Å². The Morgan fingerprint density at radius 2 is 1.89 bits per heavy atom. The molecule has 3 aliphatic carbocycles. The van der Waals surface area contributed by atoms with Crippen molar-refractivity contribution in [2.45, 2.75) is 76.8 Å². The predicted octanol–water partition coefficient (Wildman–Crippen LogP) is 3.42. The maximum atomic E-state index is 3.78. The molecule has 3 rings (SSSR count). The summed E-state index contributed by atoms with van der Waals surface area (Å²) in [6, 6.07) is 1.81. The minimum Gasteiger partial charge on any atom is -0.314 e. The van der Waals surface area contributed by atoms with E-state index in [1.54, 1.807) is 0 Å². The SMILES string of the molecule is CCCNC1CCCC1CCN(CC1CC1)C1CC1. The third-order valence-electron chi connectivity index (χ3n) is 5.36. The first-order chi connectivity index (χ1) is 9.36. The van der Waals surface area contributed by atoms with Gasteiger partial charge in [0, 0.05) is 18.6 Å². The average Bonchev–Trinajstić information content (AvgIpc) is 3.31. The molecule has 0 amide bonds. The molecule has 0 radical (unpaired) electrons. The Morgan fingerprint density at radius 1 is 1.05 bits per heavy atom. The van der Waals surface area contributed by atoms with Crippen LogP contribution in [0.4, 0.5) is 0 Å². The van der Waals surface area contributed by atoms with Gasteiger partial charge in [-0.25, -0.2) is 0 Å². The maximum absolute atomic E-state index is 3.78. The molecule has 110 valence electrons. The molecule has 0 spiro atoms. The third-order valence-corrected chi connectivity index (χ3v) is 5.36. The van der Waals surface area contributed by atoms with Gasteiger partial charge in [0.05, 0.1) is 0 Å². The van der Waals surface area contributed by atoms with Crippen LogP contribution in [0, 0.1) is 11.8 Å². The first-order valence-electron chi connectivity index (χ1n) is 8.84. The first kappa shape index (κ1) is 13.9. The van der Waals surface area contributed by atoms with Crippen LogP contribution in [0.5, 0.6) is 0 Å². The van der Waals surface area contributed by atoms with Gasteiger partial charge in [0.25, 0.3) is 0 Å². The lowest BCUT2D eigenvalue weighted by molar-refractivity contribution is 0.224. The van der Waals surface area contributed by atoms with Crippen molar-refractivity contribution in [1.29, 1.82) is 0 Å². The maximum Gasteiger partial charge on any atom is 0.00965 e. The zero-order valence-corrected chi connectivity index (χ0v) is 12.7. The summed E-state index contributed by atoms with van der Waals surface area (Å²) in [5, 5.41) is 3.78. The van der Waals surface area contributed by atoms with Crippen molar-refractivity contribution in [1.82, 2.24) is 10.2 Å². The van der Waals surface area contributed by atoms with Crippen LogP contribution in [0.3, 0.4) is 0 Å². The Morgan fingerprint density at radius 3 is 2.58 bits per heavy atom. The van der Waals surface area contributed by atoms with E-state index in [2.05, 4.69) is 17.1 Å². The van der Waals surface area contributed by atoms with E-state index in [0.29, 0.717) is 0 Å². The molecule has 0 aliphatic heterocycles. The molecule has 3 aliphatic rings. The van der Waals surface area contributed by atoms with Gasteiger partial charge < -0.3 is 10.2 Å². The lowest BCUT2D eigenvalue weighted by Gasteiger charge is -2.26. The smallest absolute Gasteiger partial charge is 0.00965 e. The van der Waals surface area contributed by atoms with Crippen molar-refractivity contribution < 1.29 is 0 Å². The van der Waals surface area contributed by atoms with E-state index in [0.717, 1.165) is 23.9 Å². The molecule has 0 aromatic heterocycles. The molecule has 2 nitrogen and oxygen atoms in total. The molecule has 0 aromatic carbocycles. The zero-order valence-electron chi connectivity index (χ0n) is 12.7. The van der Waals surface area contributed by atoms with Gasteiger partial charge in [0.15, 0.2) is 0 Å². The van der Waals surface area contributed by atoms with Gasteiger partial charge in [-0.05, 0) is 76.3 Å². The Kier molecular flexibility index (Phi) is 4.81. The summed E-state index contributed by atoms with van der Waals surface area (Å²) in [6.45, 7) is 6.30. The van der Waals surface area contributed by atoms with E-state index in [-0.39, 0.29) is 0 Å². The predicted molar refractivity (Wildman–Crippen MR) is 81.4 cm³/mol. The number of rotatable bonds is 9. The van der Waals surface area contributed by atoms with Crippen molar-refractivity contribution in [3.63, 3.8) is 0 Å². The van der Waals surface area contributed by atoms with E-state index < -0.39 is 0 Å². The van der Waals surface area contributed by atoms with Crippen LogP contribution < -0.4 is 5.32 Å². The summed E-state index contributed by atoms with van der Waals surface area (Å²) in [4.78, 5) is 2.84. The van der Waals surface area contributed by atoms with Crippen LogP contribution in [0.2, 0.25) is 0 Å². The highest BCUT2D eigenvalue weighted by Gasteiger charge is 2.34.